The summed E-state index contributed by atoms with van der Waals surface area (Å²) in [5, 5.41) is 4.86. The molecule has 0 aliphatic heterocycles. The molecule has 0 saturated carbocycles. The second kappa shape index (κ2) is 8.68. The molecule has 0 N–H and O–H groups in total. The van der Waals surface area contributed by atoms with Crippen molar-refractivity contribution in [1.29, 1.82) is 0 Å². The number of thioether (sulfide) groups is 1. The molecule has 3 aromatic heterocycles. The Labute approximate surface area is 194 Å². The lowest BCUT2D eigenvalue weighted by molar-refractivity contribution is -0.115. The highest BCUT2D eigenvalue weighted by Gasteiger charge is 2.19. The van der Waals surface area contributed by atoms with Gasteiger partial charge in [0.1, 0.15) is 15.7 Å². The van der Waals surface area contributed by atoms with Gasteiger partial charge in [-0.1, -0.05) is 17.8 Å². The van der Waals surface area contributed by atoms with E-state index in [1.807, 2.05) is 30.5 Å². The van der Waals surface area contributed by atoms with Crippen LogP contribution in [0.3, 0.4) is 0 Å². The van der Waals surface area contributed by atoms with E-state index in [4.69, 9.17) is 9.97 Å². The van der Waals surface area contributed by atoms with Crippen LogP contribution in [0.25, 0.3) is 10.2 Å². The summed E-state index contributed by atoms with van der Waals surface area (Å²) in [4.78, 5) is 30.5. The zero-order chi connectivity index (χ0) is 22.3. The summed E-state index contributed by atoms with van der Waals surface area (Å²) in [5.74, 6) is 1.43. The van der Waals surface area contributed by atoms with Crippen molar-refractivity contribution in [2.75, 3.05) is 4.90 Å². The summed E-state index contributed by atoms with van der Waals surface area (Å²) < 4.78 is 0. The SMILES string of the molecule is CC(=O)N(c1ccc(C)c(C)c1)c1nc(CSc2nc(C)nc3sc(C)c(C)c23)cs1. The molecule has 3 heterocycles. The molecule has 0 unspecified atom stereocenters. The number of thiazole rings is 1. The molecule has 0 aliphatic carbocycles. The first-order valence-electron chi connectivity index (χ1n) is 9.94. The largest absolute Gasteiger partial charge is 0.274 e. The lowest BCUT2D eigenvalue weighted by atomic mass is 10.1. The third-order valence-electron chi connectivity index (χ3n) is 5.26. The molecule has 0 aliphatic rings. The first-order valence-corrected chi connectivity index (χ1v) is 12.6. The zero-order valence-electron chi connectivity index (χ0n) is 18.4. The van der Waals surface area contributed by atoms with Crippen molar-refractivity contribution in [2.24, 2.45) is 0 Å². The van der Waals surface area contributed by atoms with E-state index in [1.54, 1.807) is 34.9 Å². The van der Waals surface area contributed by atoms with Crippen molar-refractivity contribution >= 4 is 61.4 Å². The number of amides is 1. The van der Waals surface area contributed by atoms with Gasteiger partial charge in [0.05, 0.1) is 11.4 Å². The molecule has 1 aromatic carbocycles. The highest BCUT2D eigenvalue weighted by Crippen LogP contribution is 2.37. The van der Waals surface area contributed by atoms with Crippen LogP contribution in [-0.4, -0.2) is 20.9 Å². The number of aromatic nitrogens is 3. The van der Waals surface area contributed by atoms with Gasteiger partial charge in [0.25, 0.3) is 0 Å². The monoisotopic (exact) mass is 468 g/mol. The van der Waals surface area contributed by atoms with Gasteiger partial charge in [-0.05, 0) is 63.4 Å². The average molecular weight is 469 g/mol. The van der Waals surface area contributed by atoms with E-state index in [-0.39, 0.29) is 5.91 Å². The lowest BCUT2D eigenvalue weighted by Gasteiger charge is -2.19. The summed E-state index contributed by atoms with van der Waals surface area (Å²) in [5.41, 5.74) is 5.39. The summed E-state index contributed by atoms with van der Waals surface area (Å²) in [6.07, 6.45) is 0. The van der Waals surface area contributed by atoms with Crippen LogP contribution in [0, 0.1) is 34.6 Å². The standard InChI is InChI=1S/C23H24N4OS3/c1-12-7-8-19(9-13(12)2)27(17(6)28)23-26-18(11-30-23)10-29-21-20-14(3)15(4)31-22(20)25-16(5)24-21/h7-9,11H,10H2,1-6H3. The average Bonchev–Trinajstić information content (AvgIpc) is 3.27. The highest BCUT2D eigenvalue weighted by molar-refractivity contribution is 7.98. The van der Waals surface area contributed by atoms with Gasteiger partial charge in [0.15, 0.2) is 5.13 Å². The van der Waals surface area contributed by atoms with Crippen molar-refractivity contribution in [3.05, 3.63) is 56.7 Å². The molecule has 5 nitrogen and oxygen atoms in total. The smallest absolute Gasteiger partial charge is 0.230 e. The van der Waals surface area contributed by atoms with E-state index >= 15 is 0 Å². The fourth-order valence-corrected chi connectivity index (χ4v) is 6.47. The van der Waals surface area contributed by atoms with Gasteiger partial charge < -0.3 is 0 Å². The predicted octanol–water partition coefficient (Wildman–Crippen LogP) is 6.67. The van der Waals surface area contributed by atoms with Crippen LogP contribution in [0.5, 0.6) is 0 Å². The molecular weight excluding hydrogens is 444 g/mol. The van der Waals surface area contributed by atoms with E-state index in [9.17, 15) is 4.79 Å². The third kappa shape index (κ3) is 4.37. The van der Waals surface area contributed by atoms with E-state index in [1.165, 1.54) is 27.3 Å². The second-order valence-electron chi connectivity index (χ2n) is 7.57. The fourth-order valence-electron chi connectivity index (χ4n) is 3.32. The first-order chi connectivity index (χ1) is 14.7. The Hall–Kier alpha value is -2.29. The van der Waals surface area contributed by atoms with E-state index in [2.05, 4.69) is 32.7 Å². The number of hydrogen-bond donors (Lipinski definition) is 0. The van der Waals surface area contributed by atoms with Crippen LogP contribution in [0.15, 0.2) is 28.6 Å². The second-order valence-corrected chi connectivity index (χ2v) is 10.6. The van der Waals surface area contributed by atoms with Gasteiger partial charge in [0, 0.05) is 28.3 Å². The maximum absolute atomic E-state index is 12.4. The molecule has 4 aromatic rings. The summed E-state index contributed by atoms with van der Waals surface area (Å²) in [7, 11) is 0. The van der Waals surface area contributed by atoms with E-state index in [0.29, 0.717) is 10.9 Å². The Balaban J connectivity index is 1.60. The zero-order valence-corrected chi connectivity index (χ0v) is 20.9. The van der Waals surface area contributed by atoms with Gasteiger partial charge in [-0.2, -0.15) is 0 Å². The van der Waals surface area contributed by atoms with Crippen LogP contribution in [0.2, 0.25) is 0 Å². The maximum atomic E-state index is 12.4. The number of hydrogen-bond acceptors (Lipinski definition) is 7. The molecule has 0 fully saturated rings. The molecule has 160 valence electrons. The maximum Gasteiger partial charge on any atom is 0.230 e. The molecule has 0 atom stereocenters. The van der Waals surface area contributed by atoms with Gasteiger partial charge in [0.2, 0.25) is 5.91 Å². The van der Waals surface area contributed by atoms with Crippen molar-refractivity contribution in [3.8, 4) is 0 Å². The fraction of sp³-hybridized carbons (Fsp3) is 0.304. The Bertz CT molecular complexity index is 1290. The summed E-state index contributed by atoms with van der Waals surface area (Å²) in [6.45, 7) is 11.9. The number of carbonyl (C=O) groups excluding carboxylic acids is 1. The van der Waals surface area contributed by atoms with Crippen LogP contribution in [0.4, 0.5) is 10.8 Å². The van der Waals surface area contributed by atoms with Gasteiger partial charge in [-0.3, -0.25) is 9.69 Å². The molecular formula is C23H24N4OS3. The number of rotatable bonds is 5. The van der Waals surface area contributed by atoms with Gasteiger partial charge >= 0.3 is 0 Å². The Morgan fingerprint density at radius 1 is 1.06 bits per heavy atom. The highest BCUT2D eigenvalue weighted by atomic mass is 32.2. The summed E-state index contributed by atoms with van der Waals surface area (Å²) >= 11 is 4.88. The van der Waals surface area contributed by atoms with Crippen LogP contribution >= 0.6 is 34.4 Å². The Kier molecular flexibility index (Phi) is 6.14. The van der Waals surface area contributed by atoms with Crippen molar-refractivity contribution in [3.63, 3.8) is 0 Å². The van der Waals surface area contributed by atoms with Gasteiger partial charge in [-0.15, -0.1) is 22.7 Å². The predicted molar refractivity (Wildman–Crippen MR) is 132 cm³/mol. The minimum atomic E-state index is -0.0469. The normalized spacial score (nSPS) is 11.3. The quantitative estimate of drug-likeness (QED) is 0.242. The minimum Gasteiger partial charge on any atom is -0.274 e. The molecule has 8 heteroatoms. The lowest BCUT2D eigenvalue weighted by Crippen LogP contribution is -2.22. The number of carbonyl (C=O) groups is 1. The molecule has 0 radical (unpaired) electrons. The Morgan fingerprint density at radius 2 is 1.84 bits per heavy atom. The molecule has 31 heavy (non-hydrogen) atoms. The molecule has 0 saturated heterocycles. The van der Waals surface area contributed by atoms with E-state index in [0.717, 1.165) is 38.0 Å². The molecule has 1 amide bonds. The van der Waals surface area contributed by atoms with Gasteiger partial charge in [-0.25, -0.2) is 15.0 Å². The first kappa shape index (κ1) is 21.9. The Morgan fingerprint density at radius 3 is 2.55 bits per heavy atom. The van der Waals surface area contributed by atoms with Crippen LogP contribution in [-0.2, 0) is 10.5 Å². The molecule has 0 bridgehead atoms. The van der Waals surface area contributed by atoms with Crippen LogP contribution in [0.1, 0.15) is 40.0 Å². The number of fused-ring (bicyclic) bond motifs is 1. The topological polar surface area (TPSA) is 59.0 Å². The summed E-state index contributed by atoms with van der Waals surface area (Å²) in [6, 6.07) is 6.05. The number of aryl methyl sites for hydroxylation is 5. The van der Waals surface area contributed by atoms with Crippen molar-refractivity contribution in [1.82, 2.24) is 15.0 Å². The van der Waals surface area contributed by atoms with Crippen molar-refractivity contribution < 1.29 is 4.79 Å². The molecule has 0 spiro atoms. The number of anilines is 2. The van der Waals surface area contributed by atoms with E-state index < -0.39 is 0 Å². The number of nitrogens with zero attached hydrogens (tertiary/aromatic N) is 4. The number of benzene rings is 1. The third-order valence-corrected chi connectivity index (χ3v) is 8.24. The van der Waals surface area contributed by atoms with Crippen molar-refractivity contribution in [2.45, 2.75) is 52.3 Å². The molecule has 4 rings (SSSR count). The van der Waals surface area contributed by atoms with Crippen LogP contribution < -0.4 is 4.90 Å². The number of thiophene rings is 1. The minimum absolute atomic E-state index is 0.0469.